The van der Waals surface area contributed by atoms with Crippen molar-refractivity contribution < 1.29 is 19.2 Å². The number of benzene rings is 2. The van der Waals surface area contributed by atoms with Crippen LogP contribution in [0, 0.1) is 5.92 Å². The fourth-order valence-corrected chi connectivity index (χ4v) is 9.31. The normalized spacial score (nSPS) is 21.5. The van der Waals surface area contributed by atoms with Crippen LogP contribution in [0.15, 0.2) is 48.9 Å². The third kappa shape index (κ3) is 7.27. The van der Waals surface area contributed by atoms with Gasteiger partial charge in [-0.1, -0.05) is 0 Å². The van der Waals surface area contributed by atoms with Gasteiger partial charge in [0.05, 0.1) is 22.9 Å². The zero-order chi connectivity index (χ0) is 38.3. The number of fused-ring (bicyclic) bond motifs is 2. The van der Waals surface area contributed by atoms with Crippen LogP contribution in [0.25, 0.3) is 10.9 Å². The lowest BCUT2D eigenvalue weighted by molar-refractivity contribution is -0.136. The van der Waals surface area contributed by atoms with Crippen LogP contribution in [0.4, 0.5) is 22.9 Å². The fourth-order valence-electron chi connectivity index (χ4n) is 9.31. The maximum absolute atomic E-state index is 13.2. The molecule has 292 valence electrons. The van der Waals surface area contributed by atoms with Gasteiger partial charge in [0.1, 0.15) is 23.9 Å². The van der Waals surface area contributed by atoms with Crippen LogP contribution >= 0.6 is 0 Å². The van der Waals surface area contributed by atoms with Gasteiger partial charge in [-0.05, 0) is 93.2 Å². The topological polar surface area (TPSA) is 175 Å². The average molecular weight is 760 g/mol. The third-order valence-electron chi connectivity index (χ3n) is 12.4. The van der Waals surface area contributed by atoms with Crippen molar-refractivity contribution in [3.63, 3.8) is 0 Å². The second-order valence-electron chi connectivity index (χ2n) is 16.1. The summed E-state index contributed by atoms with van der Waals surface area (Å²) in [7, 11) is 0. The first-order chi connectivity index (χ1) is 27.3. The van der Waals surface area contributed by atoms with E-state index in [1.165, 1.54) is 18.8 Å². The minimum atomic E-state index is -0.597. The summed E-state index contributed by atoms with van der Waals surface area (Å²) in [5.74, 6) is -0.214. The molecule has 2 aromatic carbocycles. The van der Waals surface area contributed by atoms with Crippen molar-refractivity contribution in [1.82, 2.24) is 34.9 Å². The summed E-state index contributed by atoms with van der Waals surface area (Å²) >= 11 is 0. The number of hydrogen-bond donors (Lipinski definition) is 3. The second-order valence-corrected chi connectivity index (χ2v) is 16.1. The van der Waals surface area contributed by atoms with Crippen LogP contribution in [0.3, 0.4) is 0 Å². The molecule has 0 bridgehead atoms. The van der Waals surface area contributed by atoms with E-state index in [2.05, 4.69) is 58.3 Å². The van der Waals surface area contributed by atoms with E-state index in [-0.39, 0.29) is 41.6 Å². The molecule has 0 saturated carbocycles. The largest absolute Gasteiger partial charge is 0.384 e. The van der Waals surface area contributed by atoms with E-state index in [0.717, 1.165) is 118 Å². The van der Waals surface area contributed by atoms with Gasteiger partial charge in [-0.2, -0.15) is 5.10 Å². The molecule has 4 amide bonds. The Balaban J connectivity index is 0.796. The monoisotopic (exact) mass is 759 g/mol. The summed E-state index contributed by atoms with van der Waals surface area (Å²) < 4.78 is 2.14. The number of anilines is 4. The molecule has 4 N–H and O–H groups in total. The highest BCUT2D eigenvalue weighted by Gasteiger charge is 2.39. The Morgan fingerprint density at radius 1 is 0.875 bits per heavy atom. The van der Waals surface area contributed by atoms with Gasteiger partial charge >= 0.3 is 0 Å². The molecule has 0 radical (unpaired) electrons. The lowest BCUT2D eigenvalue weighted by Crippen LogP contribution is -2.52. The molecule has 5 aliphatic rings. The predicted octanol–water partition coefficient (Wildman–Crippen LogP) is 3.97. The molecule has 15 heteroatoms. The van der Waals surface area contributed by atoms with Crippen molar-refractivity contribution in [2.75, 3.05) is 66.7 Å². The first-order valence-corrected chi connectivity index (χ1v) is 20.2. The van der Waals surface area contributed by atoms with Crippen LogP contribution < -0.4 is 26.2 Å². The molecule has 2 aromatic heterocycles. The number of carbonyl (C=O) groups is 4. The van der Waals surface area contributed by atoms with Gasteiger partial charge in [0.2, 0.25) is 11.8 Å². The van der Waals surface area contributed by atoms with E-state index < -0.39 is 6.04 Å². The molecule has 1 unspecified atom stereocenters. The highest BCUT2D eigenvalue weighted by atomic mass is 16.2. The van der Waals surface area contributed by atoms with Gasteiger partial charge in [0, 0.05) is 87.7 Å². The van der Waals surface area contributed by atoms with Crippen molar-refractivity contribution >= 4 is 57.4 Å². The van der Waals surface area contributed by atoms with Crippen molar-refractivity contribution in [1.29, 1.82) is 0 Å². The summed E-state index contributed by atoms with van der Waals surface area (Å²) in [6.45, 7) is 7.39. The number of likely N-dealkylation sites (tertiary alicyclic amines) is 1. The molecule has 9 rings (SSSR count). The van der Waals surface area contributed by atoms with Gasteiger partial charge in [-0.25, -0.2) is 9.97 Å². The molecule has 4 fully saturated rings. The SMILES string of the molecule is Nc1cc(C(=O)Nc2cc3cn(C4CCN(CC5CCN(c6ccc7c(c6)CN(C6CCC(=O)NC6=O)C7=O)CC5)CC4)nc3cc2N2CCCCC2)ncn1. The maximum atomic E-state index is 13.2. The summed E-state index contributed by atoms with van der Waals surface area (Å²) in [6.07, 6.45) is 11.8. The van der Waals surface area contributed by atoms with E-state index in [1.807, 2.05) is 18.2 Å². The van der Waals surface area contributed by atoms with E-state index in [9.17, 15) is 19.2 Å². The Morgan fingerprint density at radius 3 is 2.45 bits per heavy atom. The number of carbonyl (C=O) groups excluding carboxylic acids is 4. The Bertz CT molecular complexity index is 2170. The Labute approximate surface area is 325 Å². The molecule has 15 nitrogen and oxygen atoms in total. The summed E-state index contributed by atoms with van der Waals surface area (Å²) in [5, 5.41) is 11.6. The van der Waals surface area contributed by atoms with Crippen LogP contribution in [0.5, 0.6) is 0 Å². The number of piperidine rings is 4. The first kappa shape index (κ1) is 36.1. The Hall–Kier alpha value is -5.57. The predicted molar refractivity (Wildman–Crippen MR) is 212 cm³/mol. The maximum Gasteiger partial charge on any atom is 0.274 e. The van der Waals surface area contributed by atoms with E-state index in [1.54, 1.807) is 4.90 Å². The van der Waals surface area contributed by atoms with Crippen LogP contribution in [0.2, 0.25) is 0 Å². The van der Waals surface area contributed by atoms with Crippen molar-refractivity contribution in [3.8, 4) is 0 Å². The highest BCUT2D eigenvalue weighted by Crippen LogP contribution is 2.36. The Morgan fingerprint density at radius 2 is 1.68 bits per heavy atom. The van der Waals surface area contributed by atoms with E-state index in [4.69, 9.17) is 10.8 Å². The number of nitrogen functional groups attached to an aromatic ring is 1. The van der Waals surface area contributed by atoms with Crippen molar-refractivity contribution in [2.24, 2.45) is 5.92 Å². The molecule has 1 atom stereocenters. The Kier molecular flexibility index (Phi) is 9.77. The number of imide groups is 1. The van der Waals surface area contributed by atoms with E-state index >= 15 is 0 Å². The van der Waals surface area contributed by atoms with Crippen molar-refractivity contribution in [3.05, 3.63) is 65.7 Å². The van der Waals surface area contributed by atoms with Gasteiger partial charge < -0.3 is 30.7 Å². The zero-order valence-electron chi connectivity index (χ0n) is 31.7. The lowest BCUT2D eigenvalue weighted by Gasteiger charge is -2.38. The fraction of sp³-hybridized carbons (Fsp3) is 0.488. The quantitative estimate of drug-likeness (QED) is 0.222. The first-order valence-electron chi connectivity index (χ1n) is 20.2. The molecule has 7 heterocycles. The van der Waals surface area contributed by atoms with Crippen molar-refractivity contribution in [2.45, 2.75) is 76.4 Å². The van der Waals surface area contributed by atoms with Crippen LogP contribution in [-0.4, -0.2) is 105 Å². The highest BCUT2D eigenvalue weighted by molar-refractivity contribution is 6.07. The third-order valence-corrected chi connectivity index (χ3v) is 12.4. The second kappa shape index (κ2) is 15.2. The van der Waals surface area contributed by atoms with E-state index in [0.29, 0.717) is 30.5 Å². The minimum absolute atomic E-state index is 0.132. The standard InChI is InChI=1S/C41H49N11O4/c42-37-21-34(43-25-44-37)39(54)45-33-19-28-24-52(47-32(28)20-36(33)50-12-2-1-3-13-50)29-10-14-48(15-11-29)22-26-8-16-49(17-9-26)30-4-5-31-27(18-30)23-51(41(31)56)35-6-7-38(53)46-40(35)55/h4-5,18-21,24-26,29,35H,1-3,6-17,22-23H2,(H,45,54)(H2,42,43,44)(H,46,53,55). The van der Waals surface area contributed by atoms with Crippen LogP contribution in [-0.2, 0) is 16.1 Å². The average Bonchev–Trinajstić information content (AvgIpc) is 3.78. The van der Waals surface area contributed by atoms with Crippen LogP contribution in [0.1, 0.15) is 90.2 Å². The summed E-state index contributed by atoms with van der Waals surface area (Å²) in [5.41, 5.74) is 11.5. The molecular weight excluding hydrogens is 711 g/mol. The zero-order valence-corrected chi connectivity index (χ0v) is 31.7. The molecule has 4 aromatic rings. The molecule has 0 aliphatic carbocycles. The molecule has 0 spiro atoms. The minimum Gasteiger partial charge on any atom is -0.384 e. The number of aromatic nitrogens is 4. The van der Waals surface area contributed by atoms with Gasteiger partial charge in [-0.15, -0.1) is 0 Å². The van der Waals surface area contributed by atoms with Gasteiger partial charge in [0.15, 0.2) is 0 Å². The van der Waals surface area contributed by atoms with Gasteiger partial charge in [-0.3, -0.25) is 29.2 Å². The number of amides is 4. The number of nitrogens with one attached hydrogen (secondary N) is 2. The number of hydrogen-bond acceptors (Lipinski definition) is 11. The number of nitrogens with zero attached hydrogens (tertiary/aromatic N) is 8. The number of nitrogens with two attached hydrogens (primary N) is 1. The van der Waals surface area contributed by atoms with Gasteiger partial charge in [0.25, 0.3) is 11.8 Å². The molecule has 56 heavy (non-hydrogen) atoms. The molecule has 5 aliphatic heterocycles. The summed E-state index contributed by atoms with van der Waals surface area (Å²) in [4.78, 5) is 67.6. The molecular formula is C41H49N11O4. The summed E-state index contributed by atoms with van der Waals surface area (Å²) in [6, 6.07) is 11.4. The molecule has 4 saturated heterocycles. The number of rotatable bonds is 8. The smallest absolute Gasteiger partial charge is 0.274 e. The lowest BCUT2D eigenvalue weighted by atomic mass is 9.94.